The molecule has 8 heteroatoms. The second-order valence-electron chi connectivity index (χ2n) is 4.93. The average molecular weight is 396 g/mol. The van der Waals surface area contributed by atoms with Crippen molar-refractivity contribution in [1.82, 2.24) is 4.98 Å². The summed E-state index contributed by atoms with van der Waals surface area (Å²) in [6.07, 6.45) is 0. The Morgan fingerprint density at radius 3 is 2.76 bits per heavy atom. The van der Waals surface area contributed by atoms with Crippen molar-refractivity contribution in [2.75, 3.05) is 14.2 Å². The Morgan fingerprint density at radius 1 is 1.24 bits per heavy atom. The number of aromatic nitrogens is 1. The standard InChI is InChI=1S/C17H14ClNO4S2/c1-21-14-6-11(5-13(18)15(14)22-2)17(20)23-7-12-9-25-16(19-12)10-3-4-24-8-10/h3-6,8-9H,7H2,1-2H3. The van der Waals surface area contributed by atoms with E-state index in [1.807, 2.05) is 22.2 Å². The van der Waals surface area contributed by atoms with Crippen molar-refractivity contribution in [3.05, 3.63) is 50.6 Å². The maximum absolute atomic E-state index is 12.3. The highest BCUT2D eigenvalue weighted by Crippen LogP contribution is 2.36. The van der Waals surface area contributed by atoms with E-state index >= 15 is 0 Å². The zero-order chi connectivity index (χ0) is 17.8. The lowest BCUT2D eigenvalue weighted by molar-refractivity contribution is 0.0468. The maximum atomic E-state index is 12.3. The number of rotatable bonds is 6. The summed E-state index contributed by atoms with van der Waals surface area (Å²) in [6, 6.07) is 5.03. The van der Waals surface area contributed by atoms with Gasteiger partial charge in [0.2, 0.25) is 0 Å². The molecule has 25 heavy (non-hydrogen) atoms. The Bertz CT molecular complexity index is 877. The highest BCUT2D eigenvalue weighted by atomic mass is 35.5. The molecule has 5 nitrogen and oxygen atoms in total. The third kappa shape index (κ3) is 3.95. The number of halogens is 1. The molecule has 1 aromatic carbocycles. The van der Waals surface area contributed by atoms with Gasteiger partial charge >= 0.3 is 5.97 Å². The van der Waals surface area contributed by atoms with Gasteiger partial charge in [-0.2, -0.15) is 11.3 Å². The van der Waals surface area contributed by atoms with E-state index in [2.05, 4.69) is 4.98 Å². The predicted molar refractivity (Wildman–Crippen MR) is 99.1 cm³/mol. The fourth-order valence-electron chi connectivity index (χ4n) is 2.15. The van der Waals surface area contributed by atoms with Crippen LogP contribution in [0.4, 0.5) is 0 Å². The first-order valence-corrected chi connectivity index (χ1v) is 9.38. The van der Waals surface area contributed by atoms with Gasteiger partial charge in [-0.15, -0.1) is 11.3 Å². The number of hydrogen-bond donors (Lipinski definition) is 0. The molecule has 0 spiro atoms. The maximum Gasteiger partial charge on any atom is 0.338 e. The largest absolute Gasteiger partial charge is 0.493 e. The molecule has 0 radical (unpaired) electrons. The first kappa shape index (κ1) is 17.7. The lowest BCUT2D eigenvalue weighted by atomic mass is 10.2. The molecule has 0 amide bonds. The second kappa shape index (κ2) is 7.86. The summed E-state index contributed by atoms with van der Waals surface area (Å²) in [7, 11) is 2.96. The molecule has 0 saturated carbocycles. The van der Waals surface area contributed by atoms with E-state index in [0.29, 0.717) is 17.2 Å². The number of carbonyl (C=O) groups excluding carboxylic acids is 1. The van der Waals surface area contributed by atoms with Crippen molar-refractivity contribution in [1.29, 1.82) is 0 Å². The summed E-state index contributed by atoms with van der Waals surface area (Å²) in [5.74, 6) is 0.240. The molecule has 0 saturated heterocycles. The van der Waals surface area contributed by atoms with Crippen molar-refractivity contribution in [3.63, 3.8) is 0 Å². The fraction of sp³-hybridized carbons (Fsp3) is 0.176. The van der Waals surface area contributed by atoms with E-state index in [1.165, 1.54) is 37.7 Å². The number of thiazole rings is 1. The number of ether oxygens (including phenoxy) is 3. The van der Waals surface area contributed by atoms with Crippen LogP contribution in [-0.4, -0.2) is 25.2 Å². The molecule has 2 aromatic heterocycles. The van der Waals surface area contributed by atoms with Crippen LogP contribution in [0.15, 0.2) is 34.3 Å². The van der Waals surface area contributed by atoms with Crippen LogP contribution in [0.1, 0.15) is 16.1 Å². The van der Waals surface area contributed by atoms with E-state index in [1.54, 1.807) is 11.3 Å². The number of methoxy groups -OCH3 is 2. The molecule has 0 bridgehead atoms. The highest BCUT2D eigenvalue weighted by Gasteiger charge is 2.17. The molecule has 0 atom stereocenters. The van der Waals surface area contributed by atoms with Gasteiger partial charge in [0.15, 0.2) is 11.5 Å². The lowest BCUT2D eigenvalue weighted by Crippen LogP contribution is -2.06. The molecule has 0 aliphatic heterocycles. The fourth-order valence-corrected chi connectivity index (χ4v) is 3.96. The lowest BCUT2D eigenvalue weighted by Gasteiger charge is -2.11. The van der Waals surface area contributed by atoms with Gasteiger partial charge in [0.25, 0.3) is 0 Å². The third-order valence-electron chi connectivity index (χ3n) is 3.34. The zero-order valence-electron chi connectivity index (χ0n) is 13.4. The van der Waals surface area contributed by atoms with E-state index in [4.69, 9.17) is 25.8 Å². The zero-order valence-corrected chi connectivity index (χ0v) is 15.8. The number of benzene rings is 1. The molecular formula is C17H14ClNO4S2. The first-order chi connectivity index (χ1) is 12.1. The Labute approximate surface area is 157 Å². The Morgan fingerprint density at radius 2 is 2.08 bits per heavy atom. The molecule has 0 N–H and O–H groups in total. The Kier molecular flexibility index (Phi) is 5.57. The van der Waals surface area contributed by atoms with Crippen molar-refractivity contribution < 1.29 is 19.0 Å². The van der Waals surface area contributed by atoms with Crippen LogP contribution in [0.5, 0.6) is 11.5 Å². The van der Waals surface area contributed by atoms with E-state index in [-0.39, 0.29) is 17.2 Å². The Hall–Kier alpha value is -2.09. The molecule has 2 heterocycles. The van der Waals surface area contributed by atoms with Crippen LogP contribution in [0, 0.1) is 0 Å². The van der Waals surface area contributed by atoms with Gasteiger partial charge in [-0.05, 0) is 23.6 Å². The summed E-state index contributed by atoms with van der Waals surface area (Å²) < 4.78 is 15.7. The van der Waals surface area contributed by atoms with E-state index in [0.717, 1.165) is 10.6 Å². The number of nitrogens with zero attached hydrogens (tertiary/aromatic N) is 1. The normalized spacial score (nSPS) is 10.5. The summed E-state index contributed by atoms with van der Waals surface area (Å²) in [5, 5.41) is 7.09. The molecule has 0 aliphatic rings. The van der Waals surface area contributed by atoms with Gasteiger partial charge in [-0.25, -0.2) is 9.78 Å². The summed E-state index contributed by atoms with van der Waals surface area (Å²) in [6.45, 7) is 0.0887. The summed E-state index contributed by atoms with van der Waals surface area (Å²) in [4.78, 5) is 16.7. The molecular weight excluding hydrogens is 382 g/mol. The van der Waals surface area contributed by atoms with Gasteiger partial charge in [0.1, 0.15) is 11.6 Å². The van der Waals surface area contributed by atoms with Gasteiger partial charge in [0, 0.05) is 16.3 Å². The molecule has 0 fully saturated rings. The molecule has 130 valence electrons. The summed E-state index contributed by atoms with van der Waals surface area (Å²) in [5.41, 5.74) is 2.06. The van der Waals surface area contributed by atoms with E-state index < -0.39 is 5.97 Å². The van der Waals surface area contributed by atoms with Crippen LogP contribution in [0.2, 0.25) is 5.02 Å². The number of carbonyl (C=O) groups is 1. The van der Waals surface area contributed by atoms with Crippen molar-refractivity contribution in [2.24, 2.45) is 0 Å². The van der Waals surface area contributed by atoms with Crippen LogP contribution < -0.4 is 9.47 Å². The van der Waals surface area contributed by atoms with Crippen molar-refractivity contribution >= 4 is 40.2 Å². The predicted octanol–water partition coefficient (Wildman–Crippen LogP) is 4.90. The SMILES string of the molecule is COc1cc(C(=O)OCc2csc(-c3ccsc3)n2)cc(Cl)c1OC. The van der Waals surface area contributed by atoms with Gasteiger partial charge in [0.05, 0.1) is 30.5 Å². The summed E-state index contributed by atoms with van der Waals surface area (Å²) >= 11 is 9.24. The van der Waals surface area contributed by atoms with Crippen LogP contribution >= 0.6 is 34.3 Å². The smallest absolute Gasteiger partial charge is 0.338 e. The molecule has 0 aliphatic carbocycles. The molecule has 3 aromatic rings. The van der Waals surface area contributed by atoms with Crippen LogP contribution in [0.3, 0.4) is 0 Å². The van der Waals surface area contributed by atoms with Gasteiger partial charge < -0.3 is 14.2 Å². The number of hydrogen-bond acceptors (Lipinski definition) is 7. The Balaban J connectivity index is 1.70. The number of esters is 1. The first-order valence-electron chi connectivity index (χ1n) is 7.18. The molecule has 3 rings (SSSR count). The van der Waals surface area contributed by atoms with Crippen LogP contribution in [0.25, 0.3) is 10.6 Å². The van der Waals surface area contributed by atoms with Crippen molar-refractivity contribution in [2.45, 2.75) is 6.61 Å². The topological polar surface area (TPSA) is 57.7 Å². The number of thiophene rings is 1. The second-order valence-corrected chi connectivity index (χ2v) is 6.97. The third-order valence-corrected chi connectivity index (χ3v) is 5.24. The van der Waals surface area contributed by atoms with Gasteiger partial charge in [-0.1, -0.05) is 11.6 Å². The average Bonchev–Trinajstić information content (AvgIpc) is 3.29. The van der Waals surface area contributed by atoms with Gasteiger partial charge in [-0.3, -0.25) is 0 Å². The monoisotopic (exact) mass is 395 g/mol. The minimum absolute atomic E-state index is 0.0887. The minimum Gasteiger partial charge on any atom is -0.493 e. The molecule has 0 unspecified atom stereocenters. The highest BCUT2D eigenvalue weighted by molar-refractivity contribution is 7.14. The van der Waals surface area contributed by atoms with E-state index in [9.17, 15) is 4.79 Å². The quantitative estimate of drug-likeness (QED) is 0.555. The van der Waals surface area contributed by atoms with Crippen LogP contribution in [-0.2, 0) is 11.3 Å². The van der Waals surface area contributed by atoms with Crippen molar-refractivity contribution in [3.8, 4) is 22.1 Å². The minimum atomic E-state index is -0.507.